The van der Waals surface area contributed by atoms with E-state index in [2.05, 4.69) is 10.6 Å². The minimum absolute atomic E-state index is 0.00319. The van der Waals surface area contributed by atoms with Crippen LogP contribution in [0.4, 0.5) is 11.4 Å². The van der Waals surface area contributed by atoms with Gasteiger partial charge >= 0.3 is 0 Å². The van der Waals surface area contributed by atoms with Crippen LogP contribution >= 0.6 is 11.8 Å². The molecule has 2 aromatic rings. The average molecular weight is 411 g/mol. The summed E-state index contributed by atoms with van der Waals surface area (Å²) in [4.78, 5) is 26.3. The quantitative estimate of drug-likeness (QED) is 0.549. The summed E-state index contributed by atoms with van der Waals surface area (Å²) >= 11 is 1.54. The lowest BCUT2D eigenvalue weighted by atomic mass is 9.88. The number of hydrogen-bond donors (Lipinski definition) is 2. The highest BCUT2D eigenvalue weighted by molar-refractivity contribution is 8.00. The van der Waals surface area contributed by atoms with Gasteiger partial charge in [-0.1, -0.05) is 50.5 Å². The van der Waals surface area contributed by atoms with E-state index in [4.69, 9.17) is 0 Å². The van der Waals surface area contributed by atoms with E-state index < -0.39 is 0 Å². The second-order valence-electron chi connectivity index (χ2n) is 7.67. The number of carbonyl (C=O) groups excluding carboxylic acids is 2. The zero-order chi connectivity index (χ0) is 20.6. The van der Waals surface area contributed by atoms with Gasteiger partial charge in [-0.15, -0.1) is 11.8 Å². The Balaban J connectivity index is 1.62. The highest BCUT2D eigenvalue weighted by Gasteiger charge is 2.22. The Bertz CT molecular complexity index is 846. The largest absolute Gasteiger partial charge is 0.326 e. The number of rotatable bonds is 7. The van der Waals surface area contributed by atoms with Gasteiger partial charge in [-0.25, -0.2) is 0 Å². The van der Waals surface area contributed by atoms with Gasteiger partial charge in [-0.05, 0) is 56.0 Å². The Hall–Kier alpha value is -2.27. The number of carbonyl (C=O) groups is 2. The minimum atomic E-state index is -0.195. The van der Waals surface area contributed by atoms with Gasteiger partial charge in [0, 0.05) is 22.2 Å². The van der Waals surface area contributed by atoms with E-state index in [0.29, 0.717) is 0 Å². The van der Waals surface area contributed by atoms with E-state index in [0.717, 1.165) is 53.9 Å². The molecule has 0 aliphatic heterocycles. The lowest BCUT2D eigenvalue weighted by Gasteiger charge is -2.21. The van der Waals surface area contributed by atoms with E-state index in [1.165, 1.54) is 18.2 Å². The molecule has 1 saturated carbocycles. The van der Waals surface area contributed by atoms with Crippen molar-refractivity contribution in [3.63, 3.8) is 0 Å². The van der Waals surface area contributed by atoms with Gasteiger partial charge in [-0.3, -0.25) is 9.59 Å². The third-order valence-electron chi connectivity index (χ3n) is 5.42. The Kier molecular flexibility index (Phi) is 7.76. The molecule has 1 fully saturated rings. The van der Waals surface area contributed by atoms with E-state index >= 15 is 0 Å². The minimum Gasteiger partial charge on any atom is -0.326 e. The van der Waals surface area contributed by atoms with Crippen LogP contribution in [0.1, 0.15) is 51.0 Å². The molecule has 0 heterocycles. The zero-order valence-corrected chi connectivity index (χ0v) is 18.1. The van der Waals surface area contributed by atoms with Crippen LogP contribution in [0.2, 0.25) is 0 Å². The number of benzene rings is 2. The van der Waals surface area contributed by atoms with Crippen molar-refractivity contribution in [2.24, 2.45) is 5.92 Å². The molecule has 0 saturated heterocycles. The molecule has 0 radical (unpaired) electrons. The monoisotopic (exact) mass is 410 g/mol. The third-order valence-corrected chi connectivity index (χ3v) is 6.78. The van der Waals surface area contributed by atoms with Gasteiger partial charge in [0.1, 0.15) is 0 Å². The molecule has 1 aliphatic carbocycles. The molecule has 29 heavy (non-hydrogen) atoms. The molecule has 2 aromatic carbocycles. The fourth-order valence-electron chi connectivity index (χ4n) is 3.67. The fourth-order valence-corrected chi connectivity index (χ4v) is 4.68. The molecule has 3 rings (SSSR count). The number of anilines is 2. The van der Waals surface area contributed by atoms with Crippen molar-refractivity contribution < 1.29 is 9.59 Å². The van der Waals surface area contributed by atoms with Crippen LogP contribution in [0.15, 0.2) is 53.4 Å². The topological polar surface area (TPSA) is 58.2 Å². The number of amides is 2. The molecule has 0 spiro atoms. The van der Waals surface area contributed by atoms with Gasteiger partial charge in [0.2, 0.25) is 11.8 Å². The van der Waals surface area contributed by atoms with E-state index in [1.54, 1.807) is 0 Å². The molecule has 2 N–H and O–H groups in total. The third kappa shape index (κ3) is 6.10. The van der Waals surface area contributed by atoms with Crippen molar-refractivity contribution >= 4 is 35.0 Å². The maximum Gasteiger partial charge on any atom is 0.237 e. The van der Waals surface area contributed by atoms with Crippen molar-refractivity contribution in [3.05, 3.63) is 54.1 Å². The Labute approximate surface area is 177 Å². The molecule has 0 bridgehead atoms. The molecular weight excluding hydrogens is 380 g/mol. The summed E-state index contributed by atoms with van der Waals surface area (Å²) in [7, 11) is 0. The number of thioether (sulfide) groups is 1. The molecule has 4 nitrogen and oxygen atoms in total. The predicted octanol–water partition coefficient (Wildman–Crippen LogP) is 6.02. The van der Waals surface area contributed by atoms with Crippen molar-refractivity contribution in [2.45, 2.75) is 62.5 Å². The predicted molar refractivity (Wildman–Crippen MR) is 121 cm³/mol. The van der Waals surface area contributed by atoms with Crippen LogP contribution in [0, 0.1) is 12.8 Å². The van der Waals surface area contributed by atoms with Crippen LogP contribution in [-0.2, 0) is 9.59 Å². The summed E-state index contributed by atoms with van der Waals surface area (Å²) in [6, 6.07) is 15.6. The molecule has 1 aliphatic rings. The summed E-state index contributed by atoms with van der Waals surface area (Å²) in [5.41, 5.74) is 2.71. The Morgan fingerprint density at radius 2 is 1.79 bits per heavy atom. The van der Waals surface area contributed by atoms with Crippen LogP contribution in [0.25, 0.3) is 0 Å². The normalized spacial score (nSPS) is 15.5. The number of aryl methyl sites for hydroxylation is 1. The molecule has 154 valence electrons. The standard InChI is InChI=1S/C24H30N2O2S/c1-3-22(24(28)26-21-15-8-7-10-17(21)2)29-20-14-9-13-19(16-20)25-23(27)18-11-5-4-6-12-18/h7-10,13-16,18,22H,3-6,11-12H2,1-2H3,(H,25,27)(H,26,28). The lowest BCUT2D eigenvalue weighted by Crippen LogP contribution is -2.25. The second-order valence-corrected chi connectivity index (χ2v) is 8.95. The first kappa shape index (κ1) is 21.4. The van der Waals surface area contributed by atoms with Gasteiger partial charge < -0.3 is 10.6 Å². The molecular formula is C24H30N2O2S. The summed E-state index contributed by atoms with van der Waals surface area (Å²) in [5.74, 6) is 0.253. The van der Waals surface area contributed by atoms with Crippen molar-refractivity contribution in [1.29, 1.82) is 0 Å². The smallest absolute Gasteiger partial charge is 0.237 e. The Morgan fingerprint density at radius 1 is 1.03 bits per heavy atom. The van der Waals surface area contributed by atoms with Gasteiger partial charge in [0.25, 0.3) is 0 Å². The van der Waals surface area contributed by atoms with Crippen molar-refractivity contribution in [1.82, 2.24) is 0 Å². The number of hydrogen-bond acceptors (Lipinski definition) is 3. The maximum absolute atomic E-state index is 12.8. The molecule has 2 amide bonds. The highest BCUT2D eigenvalue weighted by Crippen LogP contribution is 2.30. The van der Waals surface area contributed by atoms with Gasteiger partial charge in [0.05, 0.1) is 5.25 Å². The summed E-state index contributed by atoms with van der Waals surface area (Å²) < 4.78 is 0. The first-order valence-electron chi connectivity index (χ1n) is 10.5. The maximum atomic E-state index is 12.8. The second kappa shape index (κ2) is 10.5. The zero-order valence-electron chi connectivity index (χ0n) is 17.2. The highest BCUT2D eigenvalue weighted by atomic mass is 32.2. The molecule has 5 heteroatoms. The van der Waals surface area contributed by atoms with Crippen molar-refractivity contribution in [3.8, 4) is 0 Å². The van der Waals surface area contributed by atoms with Crippen LogP contribution < -0.4 is 10.6 Å². The van der Waals surface area contributed by atoms with Crippen molar-refractivity contribution in [2.75, 3.05) is 10.6 Å². The SMILES string of the molecule is CCC(Sc1cccc(NC(=O)C2CCCCC2)c1)C(=O)Nc1ccccc1C. The molecule has 0 aromatic heterocycles. The lowest BCUT2D eigenvalue weighted by molar-refractivity contribution is -0.120. The average Bonchev–Trinajstić information content (AvgIpc) is 2.74. The first-order valence-corrected chi connectivity index (χ1v) is 11.4. The van der Waals surface area contributed by atoms with Crippen LogP contribution in [0.5, 0.6) is 0 Å². The van der Waals surface area contributed by atoms with Gasteiger partial charge in [0.15, 0.2) is 0 Å². The van der Waals surface area contributed by atoms with Crippen LogP contribution in [0.3, 0.4) is 0 Å². The summed E-state index contributed by atoms with van der Waals surface area (Å²) in [5, 5.41) is 5.91. The van der Waals surface area contributed by atoms with Gasteiger partial charge in [-0.2, -0.15) is 0 Å². The van der Waals surface area contributed by atoms with E-state index in [1.807, 2.05) is 62.4 Å². The summed E-state index contributed by atoms with van der Waals surface area (Å²) in [6.45, 7) is 4.01. The number of nitrogens with one attached hydrogen (secondary N) is 2. The molecule has 1 atom stereocenters. The molecule has 1 unspecified atom stereocenters. The van der Waals surface area contributed by atoms with E-state index in [-0.39, 0.29) is 23.0 Å². The first-order chi connectivity index (χ1) is 14.1. The van der Waals surface area contributed by atoms with Crippen LogP contribution in [-0.4, -0.2) is 17.1 Å². The van der Waals surface area contributed by atoms with E-state index in [9.17, 15) is 9.59 Å². The Morgan fingerprint density at radius 3 is 2.52 bits per heavy atom. The number of para-hydroxylation sites is 1. The fraction of sp³-hybridized carbons (Fsp3) is 0.417. The summed E-state index contributed by atoms with van der Waals surface area (Å²) in [6.07, 6.45) is 6.21.